The summed E-state index contributed by atoms with van der Waals surface area (Å²) < 4.78 is 0. The van der Waals surface area contributed by atoms with Gasteiger partial charge in [0.2, 0.25) is 0 Å². The number of aliphatic hydroxyl groups excluding tert-OH is 1. The van der Waals surface area contributed by atoms with Gasteiger partial charge in [-0.3, -0.25) is 4.90 Å². The predicted molar refractivity (Wildman–Crippen MR) is 116 cm³/mol. The van der Waals surface area contributed by atoms with Gasteiger partial charge in [0.25, 0.3) is 0 Å². The summed E-state index contributed by atoms with van der Waals surface area (Å²) in [6.45, 7) is 4.38. The summed E-state index contributed by atoms with van der Waals surface area (Å²) in [5.41, 5.74) is 7.54. The molecule has 0 radical (unpaired) electrons. The Bertz CT molecular complexity index is 1060. The highest BCUT2D eigenvalue weighted by atomic mass is 32.1. The topological polar surface area (TPSA) is 99.1 Å². The molecule has 3 atom stereocenters. The van der Waals surface area contributed by atoms with Crippen molar-refractivity contribution in [3.8, 4) is 17.5 Å². The molecule has 3 N–H and O–H groups in total. The quantitative estimate of drug-likeness (QED) is 0.680. The highest BCUT2D eigenvalue weighted by Crippen LogP contribution is 2.32. The molecule has 4 rings (SSSR count). The van der Waals surface area contributed by atoms with Crippen molar-refractivity contribution in [2.45, 2.75) is 57.8 Å². The van der Waals surface area contributed by atoms with Crippen LogP contribution in [0.2, 0.25) is 0 Å². The van der Waals surface area contributed by atoms with Gasteiger partial charge in [0, 0.05) is 28.9 Å². The Kier molecular flexibility index (Phi) is 5.50. The maximum atomic E-state index is 10.9. The molecule has 2 aromatic heterocycles. The number of benzene rings is 1. The molecule has 1 fully saturated rings. The zero-order valence-corrected chi connectivity index (χ0v) is 17.5. The minimum atomic E-state index is -0.519. The van der Waals surface area contributed by atoms with Gasteiger partial charge in [-0.2, -0.15) is 5.26 Å². The number of thiophene rings is 1. The van der Waals surface area contributed by atoms with Gasteiger partial charge in [0.15, 0.2) is 5.82 Å². The number of nitrogens with two attached hydrogens (primary N) is 1. The van der Waals surface area contributed by atoms with Crippen LogP contribution in [0.15, 0.2) is 30.3 Å². The average molecular weight is 408 g/mol. The molecule has 1 aliphatic heterocycles. The molecule has 29 heavy (non-hydrogen) atoms. The molecule has 0 bridgehead atoms. The highest BCUT2D eigenvalue weighted by molar-refractivity contribution is 7.18. The lowest BCUT2D eigenvalue weighted by atomic mass is 9.96. The van der Waals surface area contributed by atoms with Crippen LogP contribution in [0.1, 0.15) is 43.6 Å². The van der Waals surface area contributed by atoms with Crippen molar-refractivity contribution < 1.29 is 5.11 Å². The standard InChI is InChI=1S/C22H25N5OS/c1-13-5-3-6-14(2)27(13)19(28)11-17-10-18-20(24)25-21(26-22(18)29-17)16-8-4-7-15(9-16)12-23/h4,7-10,13-14,19,28H,3,5-6,11H2,1-2H3,(H2,24,25,26). The van der Waals surface area contributed by atoms with Gasteiger partial charge in [0.1, 0.15) is 16.9 Å². The molecule has 3 heterocycles. The maximum Gasteiger partial charge on any atom is 0.163 e. The summed E-state index contributed by atoms with van der Waals surface area (Å²) in [6, 6.07) is 12.1. The van der Waals surface area contributed by atoms with Crippen LogP contribution in [0.5, 0.6) is 0 Å². The van der Waals surface area contributed by atoms with E-state index >= 15 is 0 Å². The van der Waals surface area contributed by atoms with Gasteiger partial charge in [-0.1, -0.05) is 18.6 Å². The Balaban J connectivity index is 1.62. The van der Waals surface area contributed by atoms with Crippen LogP contribution in [0.4, 0.5) is 5.82 Å². The van der Waals surface area contributed by atoms with E-state index in [0.717, 1.165) is 33.5 Å². The summed E-state index contributed by atoms with van der Waals surface area (Å²) in [4.78, 5) is 13.2. The molecule has 7 heteroatoms. The third-order valence-corrected chi connectivity index (χ3v) is 6.76. The van der Waals surface area contributed by atoms with Crippen molar-refractivity contribution >= 4 is 27.4 Å². The Morgan fingerprint density at radius 2 is 2.03 bits per heavy atom. The first kappa shape index (κ1) is 19.8. The minimum absolute atomic E-state index is 0.381. The third-order valence-electron chi connectivity index (χ3n) is 5.71. The molecule has 1 saturated heterocycles. The van der Waals surface area contributed by atoms with Gasteiger partial charge < -0.3 is 10.8 Å². The number of hydrogen-bond donors (Lipinski definition) is 2. The fourth-order valence-corrected chi connectivity index (χ4v) is 5.33. The van der Waals surface area contributed by atoms with Crippen molar-refractivity contribution in [1.29, 1.82) is 5.26 Å². The van der Waals surface area contributed by atoms with Crippen molar-refractivity contribution in [2.75, 3.05) is 5.73 Å². The smallest absolute Gasteiger partial charge is 0.163 e. The van der Waals surface area contributed by atoms with Gasteiger partial charge >= 0.3 is 0 Å². The maximum absolute atomic E-state index is 10.9. The normalized spacial score (nSPS) is 21.2. The van der Waals surface area contributed by atoms with E-state index in [1.165, 1.54) is 6.42 Å². The van der Waals surface area contributed by atoms with Gasteiger partial charge in [-0.05, 0) is 44.9 Å². The van der Waals surface area contributed by atoms with E-state index in [1.807, 2.05) is 18.2 Å². The number of likely N-dealkylation sites (tertiary alicyclic amines) is 1. The molecular formula is C22H25N5OS. The number of nitriles is 1. The fraction of sp³-hybridized carbons (Fsp3) is 0.409. The molecule has 3 unspecified atom stereocenters. The molecule has 1 aliphatic rings. The largest absolute Gasteiger partial charge is 0.383 e. The number of hydrogen-bond acceptors (Lipinski definition) is 7. The molecule has 0 amide bonds. The Morgan fingerprint density at radius 3 is 2.76 bits per heavy atom. The number of anilines is 1. The van der Waals surface area contributed by atoms with Crippen molar-refractivity contribution in [2.24, 2.45) is 0 Å². The van der Waals surface area contributed by atoms with Gasteiger partial charge in [-0.25, -0.2) is 9.97 Å². The van der Waals surface area contributed by atoms with E-state index < -0.39 is 6.23 Å². The molecule has 150 valence electrons. The van der Waals surface area contributed by atoms with E-state index in [2.05, 4.69) is 34.8 Å². The Hall–Kier alpha value is -2.53. The summed E-state index contributed by atoms with van der Waals surface area (Å²) in [5, 5.41) is 20.8. The lowest BCUT2D eigenvalue weighted by Gasteiger charge is -2.42. The number of nitrogen functional groups attached to an aromatic ring is 1. The molecule has 0 aliphatic carbocycles. The summed E-state index contributed by atoms with van der Waals surface area (Å²) in [5.74, 6) is 0.934. The van der Waals surface area contributed by atoms with Crippen LogP contribution >= 0.6 is 11.3 Å². The number of aromatic nitrogens is 2. The van der Waals surface area contributed by atoms with Crippen LogP contribution in [0.25, 0.3) is 21.6 Å². The number of rotatable bonds is 4. The lowest BCUT2D eigenvalue weighted by Crippen LogP contribution is -2.50. The van der Waals surface area contributed by atoms with E-state index in [0.29, 0.717) is 35.7 Å². The number of piperidine rings is 1. The highest BCUT2D eigenvalue weighted by Gasteiger charge is 2.30. The van der Waals surface area contributed by atoms with E-state index in [1.54, 1.807) is 23.5 Å². The molecule has 3 aromatic rings. The van der Waals surface area contributed by atoms with E-state index in [4.69, 9.17) is 11.0 Å². The summed E-state index contributed by atoms with van der Waals surface area (Å²) >= 11 is 1.54. The number of nitrogens with zero attached hydrogens (tertiary/aromatic N) is 4. The monoisotopic (exact) mass is 407 g/mol. The fourth-order valence-electron chi connectivity index (χ4n) is 4.27. The van der Waals surface area contributed by atoms with Gasteiger partial charge in [-0.15, -0.1) is 11.3 Å². The van der Waals surface area contributed by atoms with E-state index in [9.17, 15) is 5.11 Å². The van der Waals surface area contributed by atoms with Crippen molar-refractivity contribution in [3.63, 3.8) is 0 Å². The van der Waals surface area contributed by atoms with Crippen LogP contribution in [0.3, 0.4) is 0 Å². The van der Waals surface area contributed by atoms with Crippen LogP contribution in [-0.4, -0.2) is 38.3 Å². The first-order valence-electron chi connectivity index (χ1n) is 9.98. The zero-order chi connectivity index (χ0) is 20.5. The molecule has 6 nitrogen and oxygen atoms in total. The van der Waals surface area contributed by atoms with E-state index in [-0.39, 0.29) is 0 Å². The lowest BCUT2D eigenvalue weighted by molar-refractivity contribution is -0.0620. The first-order valence-corrected chi connectivity index (χ1v) is 10.8. The van der Waals surface area contributed by atoms with Crippen LogP contribution in [0, 0.1) is 11.3 Å². The molecule has 1 aromatic carbocycles. The average Bonchev–Trinajstić information content (AvgIpc) is 3.11. The first-order chi connectivity index (χ1) is 14.0. The second kappa shape index (κ2) is 8.07. The van der Waals surface area contributed by atoms with Crippen LogP contribution in [-0.2, 0) is 6.42 Å². The van der Waals surface area contributed by atoms with Crippen molar-refractivity contribution in [1.82, 2.24) is 14.9 Å². The SMILES string of the molecule is CC1CCCC(C)N1C(O)Cc1cc2c(N)nc(-c3cccc(C#N)c3)nc2s1. The predicted octanol–water partition coefficient (Wildman–Crippen LogP) is 3.94. The Labute approximate surface area is 174 Å². The molecular weight excluding hydrogens is 382 g/mol. The third kappa shape index (κ3) is 3.97. The number of fused-ring (bicyclic) bond motifs is 1. The molecule has 0 saturated carbocycles. The Morgan fingerprint density at radius 1 is 1.28 bits per heavy atom. The second-order valence-electron chi connectivity index (χ2n) is 7.82. The van der Waals surface area contributed by atoms with Gasteiger partial charge in [0.05, 0.1) is 17.0 Å². The second-order valence-corrected chi connectivity index (χ2v) is 8.93. The van der Waals surface area contributed by atoms with Crippen molar-refractivity contribution in [3.05, 3.63) is 40.8 Å². The summed E-state index contributed by atoms with van der Waals surface area (Å²) in [7, 11) is 0. The number of aliphatic hydroxyl groups is 1. The summed E-state index contributed by atoms with van der Waals surface area (Å²) in [6.07, 6.45) is 3.49. The minimum Gasteiger partial charge on any atom is -0.383 e. The van der Waals surface area contributed by atoms with Crippen LogP contribution < -0.4 is 5.73 Å². The molecule has 0 spiro atoms. The zero-order valence-electron chi connectivity index (χ0n) is 16.7.